The van der Waals surface area contributed by atoms with Crippen molar-refractivity contribution in [3.63, 3.8) is 0 Å². The first kappa shape index (κ1) is 102. The molecule has 16 aromatic rings. The van der Waals surface area contributed by atoms with Crippen molar-refractivity contribution in [1.29, 1.82) is 0 Å². The maximum absolute atomic E-state index is 13.1. The molecule has 0 radical (unpaired) electrons. The summed E-state index contributed by atoms with van der Waals surface area (Å²) in [6.45, 7) is 1.53. The summed E-state index contributed by atoms with van der Waals surface area (Å²) in [6, 6.07) is 152. The number of rotatable bonds is 30. The van der Waals surface area contributed by atoms with E-state index in [-0.39, 0.29) is 131 Å². The van der Waals surface area contributed by atoms with Crippen LogP contribution in [-0.2, 0) is 30.1 Å². The van der Waals surface area contributed by atoms with Gasteiger partial charge in [-0.05, 0) is 214 Å². The molecule has 0 aromatic heterocycles. The smallest absolute Gasteiger partial charge is 2.00 e. The number of aliphatic imine (C=N–C) groups is 4. The van der Waals surface area contributed by atoms with Gasteiger partial charge in [0.25, 0.3) is 0 Å². The van der Waals surface area contributed by atoms with Gasteiger partial charge >= 0.3 is 34.7 Å². The van der Waals surface area contributed by atoms with Crippen LogP contribution in [0, 0.1) is 0 Å². The van der Waals surface area contributed by atoms with Crippen LogP contribution in [0.4, 0.5) is 0 Å². The van der Waals surface area contributed by atoms with Crippen molar-refractivity contribution in [2.24, 2.45) is 20.0 Å². The van der Waals surface area contributed by atoms with E-state index in [9.17, 15) is 20.4 Å². The van der Waals surface area contributed by atoms with E-state index in [0.29, 0.717) is 48.4 Å². The molecule has 0 aliphatic heterocycles. The zero-order valence-corrected chi connectivity index (χ0v) is 82.1. The first-order valence-corrected chi connectivity index (χ1v) is 48.4. The maximum Gasteiger partial charge on any atom is 3.00 e. The van der Waals surface area contributed by atoms with E-state index in [2.05, 4.69) is 384 Å². The Morgan fingerprint density at radius 2 is 0.299 bits per heavy atom. The van der Waals surface area contributed by atoms with E-state index in [1.54, 1.807) is 49.1 Å². The SMILES string of the molecule is [Al+3].[Al+3].[Br-].[Br-].[Br-].[Br-].[O-2].[O-]c1ccc(C[P+](c2ccccc2)(c2ccccc2)c2ccccc2)cc1C=NCCN=Cc1cc(C[P+](c2ccccc2)(c2ccccc2)c2ccccc2)ccc1[O-].[O-]c1ccc(C[P+](c2ccccc2)(c2ccccc2)c2ccccc2)cc1C=NCCN=Cc1cc(C[P+](c2ccccc2)(c2ccccc2)c2ccccc2)ccc1[O-]. The summed E-state index contributed by atoms with van der Waals surface area (Å²) < 4.78 is 0. The van der Waals surface area contributed by atoms with Gasteiger partial charge in [0.05, 0.1) is 50.8 Å². The van der Waals surface area contributed by atoms with Crippen LogP contribution in [-0.4, -0.2) is 85.8 Å². The molecule has 127 heavy (non-hydrogen) atoms. The zero-order valence-electron chi connectivity index (χ0n) is 69.8. The number of hydrogen-bond acceptors (Lipinski definition) is 8. The van der Waals surface area contributed by atoms with Gasteiger partial charge in [0.15, 0.2) is 0 Å². The standard InChI is InChI=1S/2C54H46N2O2P2.2Al.4BrH.O/c2*57-53-33-31-43(41-59(47-19-7-1-8-20-47,48-21-9-2-10-22-48)49-23-11-3-12-24-49)37-45(53)39-55-35-36-56-40-46-38-44(32-34-54(46)58)42-60(50-25-13-4-14-26-50,51-27-15-5-16-28-51)52-29-17-6-18-30-52;;;;;;;/h2*1-34,37-40H,35-36,41-42H2;;;4*1H;/q;;2*+3;;;;;-2/p-4. The molecular weight excluding hydrogens is 1930 g/mol. The van der Waals surface area contributed by atoms with E-state index in [0.717, 1.165) is 46.9 Å². The molecule has 0 saturated carbocycles. The maximum atomic E-state index is 13.1. The van der Waals surface area contributed by atoms with Gasteiger partial charge in [0.2, 0.25) is 0 Å². The third kappa shape index (κ3) is 24.5. The van der Waals surface area contributed by atoms with Crippen LogP contribution >= 0.6 is 29.0 Å². The summed E-state index contributed by atoms with van der Waals surface area (Å²) >= 11 is 0. The molecule has 16 aromatic carbocycles. The second-order valence-electron chi connectivity index (χ2n) is 29.5. The summed E-state index contributed by atoms with van der Waals surface area (Å²) in [6.07, 6.45) is 9.75. The van der Waals surface area contributed by atoms with Crippen LogP contribution in [0.15, 0.2) is 457 Å². The molecule has 628 valence electrons. The molecule has 0 unspecified atom stereocenters. The molecule has 0 atom stereocenters. The van der Waals surface area contributed by atoms with Crippen molar-refractivity contribution >= 4 is 152 Å². The van der Waals surface area contributed by atoms with Gasteiger partial charge in [-0.25, -0.2) is 0 Å². The Hall–Kier alpha value is -9.94. The minimum Gasteiger partial charge on any atom is -2.00 e. The summed E-state index contributed by atoms with van der Waals surface area (Å²) in [7, 11) is -8.55. The van der Waals surface area contributed by atoms with E-state index in [4.69, 9.17) is 0 Å². The first-order chi connectivity index (χ1) is 59.1. The Labute approximate surface area is 813 Å². The fraction of sp³-hybridized carbons (Fsp3) is 0.0741. The quantitative estimate of drug-likeness (QED) is 0.0289. The Morgan fingerprint density at radius 1 is 0.181 bits per heavy atom. The van der Waals surface area contributed by atoms with Gasteiger partial charge in [-0.3, -0.25) is 20.0 Å². The summed E-state index contributed by atoms with van der Waals surface area (Å²) in [4.78, 5) is 18.5. The van der Waals surface area contributed by atoms with Gasteiger partial charge in [-0.15, -0.1) is 23.0 Å². The number of nitrogens with zero attached hydrogens (tertiary/aromatic N) is 4. The minimum atomic E-state index is -2.14. The average molecular weight is 2020 g/mol. The Kier molecular flexibility index (Phi) is 40.9. The molecule has 0 fully saturated rings. The molecule has 0 N–H and O–H groups in total. The van der Waals surface area contributed by atoms with Crippen molar-refractivity contribution in [1.82, 2.24) is 0 Å². The zero-order chi connectivity index (χ0) is 82.1. The Bertz CT molecular complexity index is 4980. The summed E-state index contributed by atoms with van der Waals surface area (Å²) in [5.74, 6) is -0.269. The monoisotopic (exact) mass is 2020 g/mol. The molecule has 0 bridgehead atoms. The Morgan fingerprint density at radius 3 is 0.417 bits per heavy atom. The van der Waals surface area contributed by atoms with Gasteiger partial charge < -0.3 is 93.8 Å². The molecule has 0 aliphatic carbocycles. The van der Waals surface area contributed by atoms with Gasteiger partial charge in [-0.1, -0.05) is 267 Å². The number of benzene rings is 16. The van der Waals surface area contributed by atoms with Gasteiger partial charge in [0.1, 0.15) is 92.7 Å². The van der Waals surface area contributed by atoms with Crippen molar-refractivity contribution in [2.75, 3.05) is 26.2 Å². The van der Waals surface area contributed by atoms with E-state index in [1.807, 2.05) is 48.5 Å². The van der Waals surface area contributed by atoms with Crippen LogP contribution in [0.1, 0.15) is 44.5 Å². The van der Waals surface area contributed by atoms with Crippen LogP contribution in [0.2, 0.25) is 0 Å². The predicted molar refractivity (Wildman–Crippen MR) is 521 cm³/mol. The molecule has 19 heteroatoms. The first-order valence-electron chi connectivity index (χ1n) is 40.5. The van der Waals surface area contributed by atoms with E-state index >= 15 is 0 Å². The largest absolute Gasteiger partial charge is 3.00 e. The third-order valence-corrected chi connectivity index (χ3v) is 39.5. The molecule has 9 nitrogen and oxygen atoms in total. The molecule has 0 amide bonds. The van der Waals surface area contributed by atoms with Gasteiger partial charge in [-0.2, -0.15) is 0 Å². The van der Waals surface area contributed by atoms with Crippen molar-refractivity contribution in [3.05, 3.63) is 481 Å². The van der Waals surface area contributed by atoms with Crippen LogP contribution in [0.25, 0.3) is 0 Å². The van der Waals surface area contributed by atoms with Crippen molar-refractivity contribution < 1.29 is 93.8 Å². The molecule has 0 heterocycles. The van der Waals surface area contributed by atoms with E-state index < -0.39 is 29.0 Å². The van der Waals surface area contributed by atoms with E-state index in [1.165, 1.54) is 63.7 Å². The third-order valence-electron chi connectivity index (χ3n) is 22.0. The van der Waals surface area contributed by atoms with Crippen molar-refractivity contribution in [3.8, 4) is 23.0 Å². The second kappa shape index (κ2) is 50.7. The van der Waals surface area contributed by atoms with Crippen molar-refractivity contribution in [2.45, 2.75) is 24.6 Å². The van der Waals surface area contributed by atoms with Gasteiger partial charge in [0, 0.05) is 24.9 Å². The number of hydrogen-bond donors (Lipinski definition) is 0. The predicted octanol–water partition coefficient (Wildman–Crippen LogP) is 3.86. The van der Waals surface area contributed by atoms with Crippen LogP contribution in [0.3, 0.4) is 0 Å². The minimum absolute atomic E-state index is 0. The molecule has 0 saturated heterocycles. The normalized spacial score (nSPS) is 11.3. The molecule has 16 rings (SSSR count). The fourth-order valence-electron chi connectivity index (χ4n) is 16.2. The number of halogens is 4. The average Bonchev–Trinajstić information content (AvgIpc) is 0.767. The molecule has 0 spiro atoms. The topological polar surface area (TPSA) is 170 Å². The van der Waals surface area contributed by atoms with Crippen LogP contribution in [0.5, 0.6) is 23.0 Å². The second-order valence-corrected chi connectivity index (χ2v) is 43.5. The molecule has 0 aliphatic rings. The van der Waals surface area contributed by atoms with Crippen LogP contribution < -0.4 is 152 Å². The summed E-state index contributed by atoms with van der Waals surface area (Å²) in [5.41, 5.74) is 6.56. The summed E-state index contributed by atoms with van der Waals surface area (Å²) in [5, 5.41) is 68.1. The molecular formula is C108H92Al2Br4N4O5P4. The fourth-order valence-corrected chi connectivity index (χ4v) is 33.2. The Balaban J connectivity index is 0.000000298.